The lowest BCUT2D eigenvalue weighted by molar-refractivity contribution is -0.386. The van der Waals surface area contributed by atoms with Gasteiger partial charge in [0.1, 0.15) is 0 Å². The summed E-state index contributed by atoms with van der Waals surface area (Å²) < 4.78 is 0. The predicted octanol–water partition coefficient (Wildman–Crippen LogP) is 1.92. The van der Waals surface area contributed by atoms with Crippen molar-refractivity contribution in [3.05, 3.63) is 39.9 Å². The minimum absolute atomic E-state index is 0.259. The van der Waals surface area contributed by atoms with Crippen LogP contribution in [0.15, 0.2) is 24.3 Å². The van der Waals surface area contributed by atoms with E-state index in [-0.39, 0.29) is 10.6 Å². The minimum atomic E-state index is -0.259. The Morgan fingerprint density at radius 2 is 2.12 bits per heavy atom. The molecule has 1 aliphatic carbocycles. The van der Waals surface area contributed by atoms with Crippen LogP contribution in [0.3, 0.4) is 0 Å². The molecule has 1 saturated carbocycles. The first-order valence-electron chi connectivity index (χ1n) is 5.71. The van der Waals surface area contributed by atoms with Crippen LogP contribution in [-0.4, -0.2) is 18.0 Å². The molecular weight excluding hydrogens is 204 g/mol. The van der Waals surface area contributed by atoms with Gasteiger partial charge < -0.3 is 5.32 Å². The standard InChI is InChI=1S/C12H14N2O2/c15-14(16)12-4-2-1-3-9(12)10-5-8-6-13-7-11(8)10/h1-4,8,10-11,13H,5-7H2/t8-,10+,11-/m1/s1. The van der Waals surface area contributed by atoms with Crippen molar-refractivity contribution in [1.29, 1.82) is 0 Å². The van der Waals surface area contributed by atoms with Crippen molar-refractivity contribution in [2.45, 2.75) is 12.3 Å². The summed E-state index contributed by atoms with van der Waals surface area (Å²) in [6.45, 7) is 2.10. The molecule has 16 heavy (non-hydrogen) atoms. The SMILES string of the molecule is O=[N+]([O-])c1ccccc1[C@@H]1C[C@@H]2CNC[C@H]21. The van der Waals surface area contributed by atoms with Gasteiger partial charge in [0.25, 0.3) is 5.69 Å². The van der Waals surface area contributed by atoms with Crippen molar-refractivity contribution in [2.24, 2.45) is 11.8 Å². The molecule has 84 valence electrons. The molecule has 4 nitrogen and oxygen atoms in total. The first kappa shape index (κ1) is 9.78. The third kappa shape index (κ3) is 1.33. The van der Waals surface area contributed by atoms with E-state index in [4.69, 9.17) is 0 Å². The molecule has 3 atom stereocenters. The molecule has 2 aliphatic rings. The molecule has 0 radical (unpaired) electrons. The Hall–Kier alpha value is -1.42. The van der Waals surface area contributed by atoms with Gasteiger partial charge in [-0.05, 0) is 37.3 Å². The predicted molar refractivity (Wildman–Crippen MR) is 60.3 cm³/mol. The van der Waals surface area contributed by atoms with Gasteiger partial charge in [0.15, 0.2) is 0 Å². The van der Waals surface area contributed by atoms with Crippen LogP contribution in [-0.2, 0) is 0 Å². The fourth-order valence-corrected chi connectivity index (χ4v) is 3.11. The number of hydrogen-bond acceptors (Lipinski definition) is 3. The molecular formula is C12H14N2O2. The van der Waals surface area contributed by atoms with E-state index in [0.717, 1.165) is 31.0 Å². The van der Waals surface area contributed by atoms with Crippen molar-refractivity contribution in [1.82, 2.24) is 5.32 Å². The second kappa shape index (κ2) is 3.56. The van der Waals surface area contributed by atoms with Crippen molar-refractivity contribution in [3.63, 3.8) is 0 Å². The number of nitro benzene ring substituents is 1. The number of hydrogen-bond donors (Lipinski definition) is 1. The molecule has 1 aliphatic heterocycles. The lowest BCUT2D eigenvalue weighted by Gasteiger charge is -2.39. The van der Waals surface area contributed by atoms with Gasteiger partial charge in [-0.2, -0.15) is 0 Å². The summed E-state index contributed by atoms with van der Waals surface area (Å²) >= 11 is 0. The highest BCUT2D eigenvalue weighted by Crippen LogP contribution is 2.50. The summed E-state index contributed by atoms with van der Waals surface area (Å²) in [5.41, 5.74) is 1.22. The number of benzene rings is 1. The average Bonchev–Trinajstić information content (AvgIpc) is 2.61. The molecule has 4 heteroatoms. The van der Waals surface area contributed by atoms with Crippen LogP contribution in [0.5, 0.6) is 0 Å². The normalized spacial score (nSPS) is 31.9. The molecule has 0 bridgehead atoms. The van der Waals surface area contributed by atoms with Crippen molar-refractivity contribution in [2.75, 3.05) is 13.1 Å². The van der Waals surface area contributed by atoms with Gasteiger partial charge in [-0.25, -0.2) is 0 Å². The Kier molecular flexibility index (Phi) is 2.17. The summed E-state index contributed by atoms with van der Waals surface area (Å²) in [6, 6.07) is 7.17. The summed E-state index contributed by atoms with van der Waals surface area (Å²) in [6.07, 6.45) is 1.10. The van der Waals surface area contributed by atoms with E-state index in [0.29, 0.717) is 11.8 Å². The number of para-hydroxylation sites is 1. The van der Waals surface area contributed by atoms with Crippen LogP contribution in [0, 0.1) is 22.0 Å². The van der Waals surface area contributed by atoms with Gasteiger partial charge in [-0.3, -0.25) is 10.1 Å². The molecule has 1 aromatic carbocycles. The smallest absolute Gasteiger partial charge is 0.272 e. The van der Waals surface area contributed by atoms with Gasteiger partial charge in [0.2, 0.25) is 0 Å². The second-order valence-electron chi connectivity index (χ2n) is 4.74. The number of nitro groups is 1. The molecule has 1 N–H and O–H groups in total. The molecule has 1 heterocycles. The molecule has 0 unspecified atom stereocenters. The molecule has 0 spiro atoms. The van der Waals surface area contributed by atoms with Crippen LogP contribution >= 0.6 is 0 Å². The Morgan fingerprint density at radius 3 is 2.88 bits per heavy atom. The summed E-state index contributed by atoms with van der Waals surface area (Å²) in [5.74, 6) is 1.74. The highest BCUT2D eigenvalue weighted by atomic mass is 16.6. The largest absolute Gasteiger partial charge is 0.316 e. The second-order valence-corrected chi connectivity index (χ2v) is 4.74. The number of nitrogens with one attached hydrogen (secondary N) is 1. The average molecular weight is 218 g/mol. The molecule has 1 saturated heterocycles. The van der Waals surface area contributed by atoms with Gasteiger partial charge in [0.05, 0.1) is 4.92 Å². The van der Waals surface area contributed by atoms with Gasteiger partial charge in [-0.1, -0.05) is 18.2 Å². The van der Waals surface area contributed by atoms with Crippen molar-refractivity contribution < 1.29 is 4.92 Å². The van der Waals surface area contributed by atoms with E-state index < -0.39 is 0 Å². The van der Waals surface area contributed by atoms with Crippen LogP contribution < -0.4 is 5.32 Å². The van der Waals surface area contributed by atoms with Gasteiger partial charge in [0, 0.05) is 11.6 Å². The first-order valence-corrected chi connectivity index (χ1v) is 5.71. The molecule has 1 aromatic rings. The van der Waals surface area contributed by atoms with Crippen molar-refractivity contribution >= 4 is 5.69 Å². The summed E-state index contributed by atoms with van der Waals surface area (Å²) in [7, 11) is 0. The molecule has 3 rings (SSSR count). The topological polar surface area (TPSA) is 55.2 Å². The highest BCUT2D eigenvalue weighted by Gasteiger charge is 2.46. The van der Waals surface area contributed by atoms with E-state index in [1.807, 2.05) is 12.1 Å². The van der Waals surface area contributed by atoms with Crippen LogP contribution in [0.25, 0.3) is 0 Å². The van der Waals surface area contributed by atoms with E-state index >= 15 is 0 Å². The maximum atomic E-state index is 10.9. The zero-order chi connectivity index (χ0) is 11.1. The van der Waals surface area contributed by atoms with E-state index in [1.54, 1.807) is 12.1 Å². The Balaban J connectivity index is 1.92. The Morgan fingerprint density at radius 1 is 1.31 bits per heavy atom. The zero-order valence-corrected chi connectivity index (χ0v) is 8.93. The van der Waals surface area contributed by atoms with Crippen molar-refractivity contribution in [3.8, 4) is 0 Å². The fraction of sp³-hybridized carbons (Fsp3) is 0.500. The van der Waals surface area contributed by atoms with Gasteiger partial charge >= 0.3 is 0 Å². The maximum Gasteiger partial charge on any atom is 0.272 e. The fourth-order valence-electron chi connectivity index (χ4n) is 3.11. The van der Waals surface area contributed by atoms with Gasteiger partial charge in [-0.15, -0.1) is 0 Å². The number of rotatable bonds is 2. The van der Waals surface area contributed by atoms with E-state index in [1.165, 1.54) is 0 Å². The monoisotopic (exact) mass is 218 g/mol. The molecule has 2 fully saturated rings. The lowest BCUT2D eigenvalue weighted by atomic mass is 9.63. The molecule has 0 amide bonds. The van der Waals surface area contributed by atoms with Crippen LogP contribution in [0.4, 0.5) is 5.69 Å². The molecule has 0 aromatic heterocycles. The third-order valence-corrected chi connectivity index (χ3v) is 4.00. The Bertz CT molecular complexity index is 433. The first-order chi connectivity index (χ1) is 7.77. The third-order valence-electron chi connectivity index (χ3n) is 4.00. The number of nitrogens with zero attached hydrogens (tertiary/aromatic N) is 1. The lowest BCUT2D eigenvalue weighted by Crippen LogP contribution is -2.33. The summed E-state index contributed by atoms with van der Waals surface area (Å²) in [5, 5.41) is 14.3. The summed E-state index contributed by atoms with van der Waals surface area (Å²) in [4.78, 5) is 10.7. The van der Waals surface area contributed by atoms with Crippen LogP contribution in [0.2, 0.25) is 0 Å². The van der Waals surface area contributed by atoms with E-state index in [9.17, 15) is 10.1 Å². The maximum absolute atomic E-state index is 10.9. The number of fused-ring (bicyclic) bond motifs is 1. The van der Waals surface area contributed by atoms with E-state index in [2.05, 4.69) is 5.32 Å². The van der Waals surface area contributed by atoms with Crippen LogP contribution in [0.1, 0.15) is 17.9 Å². The quantitative estimate of drug-likeness (QED) is 0.609. The minimum Gasteiger partial charge on any atom is -0.316 e. The zero-order valence-electron chi connectivity index (χ0n) is 8.93. The highest BCUT2D eigenvalue weighted by molar-refractivity contribution is 5.44. The Labute approximate surface area is 93.8 Å².